The van der Waals surface area contributed by atoms with Crippen LogP contribution in [0.2, 0.25) is 0 Å². The molecule has 0 saturated heterocycles. The van der Waals surface area contributed by atoms with E-state index in [0.717, 1.165) is 17.7 Å². The molecule has 2 aromatic rings. The summed E-state index contributed by atoms with van der Waals surface area (Å²) < 4.78 is 0. The molecule has 1 amide bonds. The van der Waals surface area contributed by atoms with Crippen molar-refractivity contribution in [2.75, 3.05) is 5.32 Å². The molecular weight excluding hydrogens is 230 g/mol. The number of hydrogen-bond acceptors (Lipinski definition) is 2. The first kappa shape index (κ1) is 10.5. The third kappa shape index (κ3) is 2.11. The molecule has 3 rings (SSSR count). The molecule has 1 aromatic carbocycles. The Hall–Kier alpha value is -1.61. The van der Waals surface area contributed by atoms with E-state index < -0.39 is 0 Å². The first-order chi connectivity index (χ1) is 8.33. The molecule has 0 aliphatic heterocycles. The zero-order valence-electron chi connectivity index (χ0n) is 9.40. The van der Waals surface area contributed by atoms with Crippen molar-refractivity contribution < 1.29 is 4.79 Å². The van der Waals surface area contributed by atoms with Crippen LogP contribution in [0, 0.1) is 0 Å². The molecule has 3 heteroatoms. The average Bonchev–Trinajstić information content (AvgIpc) is 2.99. The number of rotatable bonds is 2. The second-order valence-corrected chi connectivity index (χ2v) is 5.08. The van der Waals surface area contributed by atoms with E-state index in [0.29, 0.717) is 0 Å². The molecule has 1 N–H and O–H groups in total. The fourth-order valence-electron chi connectivity index (χ4n) is 2.25. The number of anilines is 1. The molecule has 2 nitrogen and oxygen atoms in total. The molecule has 1 aliphatic carbocycles. The largest absolute Gasteiger partial charge is 0.322 e. The Morgan fingerprint density at radius 2 is 2.06 bits per heavy atom. The van der Waals surface area contributed by atoms with Gasteiger partial charge in [-0.15, -0.1) is 0 Å². The van der Waals surface area contributed by atoms with E-state index in [1.54, 1.807) is 0 Å². The Bertz CT molecular complexity index is 545. The SMILES string of the molecule is O=C(Nc1ccc2c(c1)CCC2)c1ccsc1. The van der Waals surface area contributed by atoms with Gasteiger partial charge in [-0.05, 0) is 54.0 Å². The van der Waals surface area contributed by atoms with Gasteiger partial charge in [0.1, 0.15) is 0 Å². The quantitative estimate of drug-likeness (QED) is 0.859. The van der Waals surface area contributed by atoms with E-state index in [1.807, 2.05) is 22.9 Å². The van der Waals surface area contributed by atoms with Crippen molar-refractivity contribution in [2.45, 2.75) is 19.3 Å². The predicted octanol–water partition coefficient (Wildman–Crippen LogP) is 3.49. The lowest BCUT2D eigenvalue weighted by molar-refractivity contribution is 0.102. The van der Waals surface area contributed by atoms with Gasteiger partial charge >= 0.3 is 0 Å². The van der Waals surface area contributed by atoms with Crippen molar-refractivity contribution in [3.63, 3.8) is 0 Å². The van der Waals surface area contributed by atoms with Crippen molar-refractivity contribution in [3.8, 4) is 0 Å². The maximum atomic E-state index is 11.9. The highest BCUT2D eigenvalue weighted by molar-refractivity contribution is 7.08. The van der Waals surface area contributed by atoms with E-state index in [2.05, 4.69) is 17.4 Å². The molecule has 17 heavy (non-hydrogen) atoms. The highest BCUT2D eigenvalue weighted by Gasteiger charge is 2.12. The number of benzene rings is 1. The zero-order chi connectivity index (χ0) is 11.7. The first-order valence-corrected chi connectivity index (χ1v) is 6.72. The van der Waals surface area contributed by atoms with Gasteiger partial charge in [0.2, 0.25) is 0 Å². The summed E-state index contributed by atoms with van der Waals surface area (Å²) in [5.74, 6) is -0.0239. The summed E-state index contributed by atoms with van der Waals surface area (Å²) in [5.41, 5.74) is 4.45. The van der Waals surface area contributed by atoms with Crippen molar-refractivity contribution in [1.29, 1.82) is 0 Å². The Morgan fingerprint density at radius 1 is 1.18 bits per heavy atom. The van der Waals surface area contributed by atoms with Gasteiger partial charge in [-0.1, -0.05) is 6.07 Å². The molecule has 0 radical (unpaired) electrons. The number of aryl methyl sites for hydroxylation is 2. The lowest BCUT2D eigenvalue weighted by Crippen LogP contribution is -2.10. The minimum absolute atomic E-state index is 0.0239. The summed E-state index contributed by atoms with van der Waals surface area (Å²) in [6.07, 6.45) is 3.54. The maximum Gasteiger partial charge on any atom is 0.256 e. The lowest BCUT2D eigenvalue weighted by atomic mass is 10.1. The fourth-order valence-corrected chi connectivity index (χ4v) is 2.88. The average molecular weight is 243 g/mol. The van der Waals surface area contributed by atoms with Crippen LogP contribution in [0.4, 0.5) is 5.69 Å². The van der Waals surface area contributed by atoms with Crippen LogP contribution in [0.15, 0.2) is 35.0 Å². The standard InChI is InChI=1S/C14H13NOS/c16-14(12-6-7-17-9-12)15-13-5-4-10-2-1-3-11(10)8-13/h4-9H,1-3H2,(H,15,16). The molecule has 86 valence electrons. The number of nitrogens with one attached hydrogen (secondary N) is 1. The summed E-state index contributed by atoms with van der Waals surface area (Å²) >= 11 is 1.54. The van der Waals surface area contributed by atoms with Gasteiger partial charge in [0, 0.05) is 11.1 Å². The molecule has 1 aliphatic rings. The normalized spacial score (nSPS) is 13.4. The van der Waals surface area contributed by atoms with Gasteiger partial charge in [-0.3, -0.25) is 4.79 Å². The smallest absolute Gasteiger partial charge is 0.256 e. The van der Waals surface area contributed by atoms with Gasteiger partial charge in [0.05, 0.1) is 5.56 Å². The van der Waals surface area contributed by atoms with Crippen LogP contribution in [0.5, 0.6) is 0 Å². The van der Waals surface area contributed by atoms with Crippen LogP contribution >= 0.6 is 11.3 Å². The van der Waals surface area contributed by atoms with Gasteiger partial charge in [0.15, 0.2) is 0 Å². The monoisotopic (exact) mass is 243 g/mol. The highest BCUT2D eigenvalue weighted by Crippen LogP contribution is 2.25. The topological polar surface area (TPSA) is 29.1 Å². The molecular formula is C14H13NOS. The zero-order valence-corrected chi connectivity index (χ0v) is 10.2. The molecule has 1 aromatic heterocycles. The minimum Gasteiger partial charge on any atom is -0.322 e. The van der Waals surface area contributed by atoms with Gasteiger partial charge in [0.25, 0.3) is 5.91 Å². The molecule has 0 atom stereocenters. The molecule has 0 saturated carbocycles. The fraction of sp³-hybridized carbons (Fsp3) is 0.214. The summed E-state index contributed by atoms with van der Waals surface area (Å²) in [4.78, 5) is 11.9. The lowest BCUT2D eigenvalue weighted by Gasteiger charge is -2.06. The number of hydrogen-bond donors (Lipinski definition) is 1. The number of amides is 1. The molecule has 1 heterocycles. The van der Waals surface area contributed by atoms with Crippen molar-refractivity contribution in [1.82, 2.24) is 0 Å². The third-order valence-corrected chi connectivity index (χ3v) is 3.82. The Kier molecular flexibility index (Phi) is 2.69. The van der Waals surface area contributed by atoms with Crippen LogP contribution in [-0.2, 0) is 12.8 Å². The second kappa shape index (κ2) is 4.34. The van der Waals surface area contributed by atoms with E-state index in [-0.39, 0.29) is 5.91 Å². The highest BCUT2D eigenvalue weighted by atomic mass is 32.1. The number of fused-ring (bicyclic) bond motifs is 1. The Labute approximate surface area is 104 Å². The van der Waals surface area contributed by atoms with E-state index >= 15 is 0 Å². The van der Waals surface area contributed by atoms with Crippen LogP contribution in [-0.4, -0.2) is 5.91 Å². The number of carbonyl (C=O) groups excluding carboxylic acids is 1. The van der Waals surface area contributed by atoms with Crippen LogP contribution in [0.3, 0.4) is 0 Å². The van der Waals surface area contributed by atoms with E-state index in [1.165, 1.54) is 35.3 Å². The molecule has 0 fully saturated rings. The number of thiophene rings is 1. The predicted molar refractivity (Wildman–Crippen MR) is 70.7 cm³/mol. The molecule has 0 bridgehead atoms. The Morgan fingerprint density at radius 3 is 2.88 bits per heavy atom. The summed E-state index contributed by atoms with van der Waals surface area (Å²) in [7, 11) is 0. The van der Waals surface area contributed by atoms with E-state index in [9.17, 15) is 4.79 Å². The summed E-state index contributed by atoms with van der Waals surface area (Å²) in [6, 6.07) is 8.07. The van der Waals surface area contributed by atoms with Crippen molar-refractivity contribution >= 4 is 22.9 Å². The van der Waals surface area contributed by atoms with Crippen LogP contribution in [0.1, 0.15) is 27.9 Å². The second-order valence-electron chi connectivity index (χ2n) is 4.30. The van der Waals surface area contributed by atoms with Crippen LogP contribution in [0.25, 0.3) is 0 Å². The molecule has 0 unspecified atom stereocenters. The Balaban J connectivity index is 1.80. The number of carbonyl (C=O) groups is 1. The van der Waals surface area contributed by atoms with Crippen molar-refractivity contribution in [2.24, 2.45) is 0 Å². The maximum absolute atomic E-state index is 11.9. The minimum atomic E-state index is -0.0239. The van der Waals surface area contributed by atoms with Crippen molar-refractivity contribution in [3.05, 3.63) is 51.7 Å². The van der Waals surface area contributed by atoms with Gasteiger partial charge in [-0.2, -0.15) is 11.3 Å². The third-order valence-electron chi connectivity index (χ3n) is 3.14. The van der Waals surface area contributed by atoms with Gasteiger partial charge in [-0.25, -0.2) is 0 Å². The summed E-state index contributed by atoms with van der Waals surface area (Å²) in [5, 5.41) is 6.72. The molecule has 0 spiro atoms. The van der Waals surface area contributed by atoms with Crippen LogP contribution < -0.4 is 5.32 Å². The van der Waals surface area contributed by atoms with Gasteiger partial charge < -0.3 is 5.32 Å². The first-order valence-electron chi connectivity index (χ1n) is 5.78. The van der Waals surface area contributed by atoms with E-state index in [4.69, 9.17) is 0 Å². The summed E-state index contributed by atoms with van der Waals surface area (Å²) in [6.45, 7) is 0.